The van der Waals surface area contributed by atoms with Crippen molar-refractivity contribution in [2.24, 2.45) is 0 Å². The van der Waals surface area contributed by atoms with Crippen molar-refractivity contribution in [2.75, 3.05) is 5.32 Å². The Morgan fingerprint density at radius 3 is 2.76 bits per heavy atom. The number of pyridine rings is 1. The predicted molar refractivity (Wildman–Crippen MR) is 113 cm³/mol. The van der Waals surface area contributed by atoms with Crippen LogP contribution in [0, 0.1) is 6.92 Å². The minimum atomic E-state index is -0.202. The molecule has 29 heavy (non-hydrogen) atoms. The van der Waals surface area contributed by atoms with Crippen molar-refractivity contribution in [2.45, 2.75) is 20.1 Å². The van der Waals surface area contributed by atoms with Crippen LogP contribution in [0.4, 0.5) is 5.69 Å². The fraction of sp³-hybridized carbons (Fsp3) is 0.130. The summed E-state index contributed by atoms with van der Waals surface area (Å²) >= 11 is 0. The number of carbonyl (C=O) groups excluding carboxylic acids is 1. The predicted octanol–water partition coefficient (Wildman–Crippen LogP) is 3.86. The summed E-state index contributed by atoms with van der Waals surface area (Å²) in [6.07, 6.45) is 3.45. The molecular formula is C23H21N3O3. The molecule has 0 bridgehead atoms. The second-order valence-electron chi connectivity index (χ2n) is 6.87. The molecule has 2 aromatic heterocycles. The van der Waals surface area contributed by atoms with Crippen LogP contribution in [-0.4, -0.2) is 15.5 Å². The molecule has 2 aromatic carbocycles. The normalized spacial score (nSPS) is 10.8. The van der Waals surface area contributed by atoms with E-state index in [1.165, 1.54) is 6.07 Å². The highest BCUT2D eigenvalue weighted by molar-refractivity contribution is 5.93. The number of aromatic nitrogens is 2. The molecule has 0 aliphatic heterocycles. The molecule has 2 N–H and O–H groups in total. The fourth-order valence-corrected chi connectivity index (χ4v) is 3.15. The van der Waals surface area contributed by atoms with Gasteiger partial charge in [0.15, 0.2) is 5.75 Å². The second kappa shape index (κ2) is 8.06. The Bertz CT molecular complexity index is 1210. The van der Waals surface area contributed by atoms with Crippen LogP contribution in [0.5, 0.6) is 5.75 Å². The Morgan fingerprint density at radius 2 is 1.93 bits per heavy atom. The SMILES string of the molecule is Cc1cc(=O)c(OCc2ccccc2)cn1CC(=O)Nc1ccc2cc[nH]c2c1. The minimum Gasteiger partial charge on any atom is -0.483 e. The van der Waals surface area contributed by atoms with Gasteiger partial charge in [-0.3, -0.25) is 9.59 Å². The summed E-state index contributed by atoms with van der Waals surface area (Å²) in [6.45, 7) is 2.17. The number of rotatable bonds is 6. The largest absolute Gasteiger partial charge is 0.483 e. The second-order valence-corrected chi connectivity index (χ2v) is 6.87. The van der Waals surface area contributed by atoms with Crippen molar-refractivity contribution in [1.82, 2.24) is 9.55 Å². The van der Waals surface area contributed by atoms with Crippen molar-refractivity contribution >= 4 is 22.5 Å². The summed E-state index contributed by atoms with van der Waals surface area (Å²) in [5.74, 6) is 0.0386. The van der Waals surface area contributed by atoms with Gasteiger partial charge < -0.3 is 19.6 Å². The van der Waals surface area contributed by atoms with E-state index in [0.717, 1.165) is 16.5 Å². The number of carbonyl (C=O) groups is 1. The van der Waals surface area contributed by atoms with Gasteiger partial charge >= 0.3 is 0 Å². The minimum absolute atomic E-state index is 0.0799. The summed E-state index contributed by atoms with van der Waals surface area (Å²) in [5.41, 5.74) is 3.13. The van der Waals surface area contributed by atoms with Crippen LogP contribution in [0.1, 0.15) is 11.3 Å². The zero-order valence-electron chi connectivity index (χ0n) is 16.0. The van der Waals surface area contributed by atoms with Gasteiger partial charge in [-0.15, -0.1) is 0 Å². The molecule has 4 rings (SSSR count). The van der Waals surface area contributed by atoms with Crippen molar-refractivity contribution in [3.63, 3.8) is 0 Å². The standard InChI is InChI=1S/C23H21N3O3/c1-16-11-21(27)22(29-15-17-5-3-2-4-6-17)13-26(16)14-23(28)25-19-8-7-18-9-10-24-20(18)12-19/h2-13,24H,14-15H2,1H3,(H,25,28). The molecule has 6 heteroatoms. The Balaban J connectivity index is 1.47. The van der Waals surface area contributed by atoms with Crippen LogP contribution in [0.15, 0.2) is 77.9 Å². The van der Waals surface area contributed by atoms with Crippen LogP contribution in [0.2, 0.25) is 0 Å². The summed E-state index contributed by atoms with van der Waals surface area (Å²) in [6, 6.07) is 18.8. The molecule has 0 saturated carbocycles. The van der Waals surface area contributed by atoms with Gasteiger partial charge in [0.25, 0.3) is 0 Å². The topological polar surface area (TPSA) is 76.1 Å². The number of anilines is 1. The average Bonchev–Trinajstić information content (AvgIpc) is 3.18. The van der Waals surface area contributed by atoms with Crippen molar-refractivity contribution < 1.29 is 9.53 Å². The third kappa shape index (κ3) is 4.38. The quantitative estimate of drug-likeness (QED) is 0.528. The summed E-state index contributed by atoms with van der Waals surface area (Å²) in [7, 11) is 0. The molecule has 2 heterocycles. The summed E-state index contributed by atoms with van der Waals surface area (Å²) in [4.78, 5) is 27.9. The molecule has 0 unspecified atom stereocenters. The van der Waals surface area contributed by atoms with Gasteiger partial charge in [0.05, 0.1) is 6.20 Å². The maximum Gasteiger partial charge on any atom is 0.244 e. The van der Waals surface area contributed by atoms with E-state index in [2.05, 4.69) is 10.3 Å². The third-order valence-electron chi connectivity index (χ3n) is 4.70. The van der Waals surface area contributed by atoms with Crippen LogP contribution in [0.3, 0.4) is 0 Å². The number of aromatic amines is 1. The van der Waals surface area contributed by atoms with Gasteiger partial charge in [0.1, 0.15) is 13.2 Å². The first-order valence-electron chi connectivity index (χ1n) is 9.33. The highest BCUT2D eigenvalue weighted by Gasteiger charge is 2.10. The molecule has 4 aromatic rings. The fourth-order valence-electron chi connectivity index (χ4n) is 3.15. The van der Waals surface area contributed by atoms with Gasteiger partial charge in [0, 0.05) is 29.2 Å². The molecule has 0 spiro atoms. The first-order valence-corrected chi connectivity index (χ1v) is 9.33. The molecule has 146 valence electrons. The number of nitrogens with one attached hydrogen (secondary N) is 2. The monoisotopic (exact) mass is 387 g/mol. The Morgan fingerprint density at radius 1 is 1.10 bits per heavy atom. The van der Waals surface area contributed by atoms with Crippen molar-refractivity contribution in [1.29, 1.82) is 0 Å². The molecule has 0 radical (unpaired) electrons. The van der Waals surface area contributed by atoms with Crippen LogP contribution < -0.4 is 15.5 Å². The molecular weight excluding hydrogens is 366 g/mol. The first-order chi connectivity index (χ1) is 14.1. The van der Waals surface area contributed by atoms with Crippen LogP contribution in [-0.2, 0) is 17.9 Å². The number of fused-ring (bicyclic) bond motifs is 1. The molecule has 0 saturated heterocycles. The average molecular weight is 387 g/mol. The number of H-pyrrole nitrogens is 1. The zero-order chi connectivity index (χ0) is 20.2. The number of hydrogen-bond donors (Lipinski definition) is 2. The Kier molecular flexibility index (Phi) is 5.16. The number of ether oxygens (including phenoxy) is 1. The number of benzene rings is 2. The number of nitrogens with zero attached hydrogens (tertiary/aromatic N) is 1. The summed E-state index contributed by atoms with van der Waals surface area (Å²) in [5, 5.41) is 3.98. The van der Waals surface area contributed by atoms with E-state index in [4.69, 9.17) is 4.74 Å². The number of hydrogen-bond acceptors (Lipinski definition) is 3. The van der Waals surface area contributed by atoms with E-state index in [0.29, 0.717) is 18.0 Å². The summed E-state index contributed by atoms with van der Waals surface area (Å²) < 4.78 is 7.40. The lowest BCUT2D eigenvalue weighted by Gasteiger charge is -2.13. The van der Waals surface area contributed by atoms with E-state index in [1.54, 1.807) is 17.7 Å². The highest BCUT2D eigenvalue weighted by Crippen LogP contribution is 2.18. The van der Waals surface area contributed by atoms with E-state index in [9.17, 15) is 9.59 Å². The van der Waals surface area contributed by atoms with Gasteiger partial charge in [-0.05, 0) is 36.1 Å². The smallest absolute Gasteiger partial charge is 0.244 e. The zero-order valence-corrected chi connectivity index (χ0v) is 16.0. The maximum atomic E-state index is 12.5. The third-order valence-corrected chi connectivity index (χ3v) is 4.70. The van der Waals surface area contributed by atoms with Crippen molar-refractivity contribution in [3.8, 4) is 5.75 Å². The van der Waals surface area contributed by atoms with E-state index < -0.39 is 0 Å². The molecule has 6 nitrogen and oxygen atoms in total. The highest BCUT2D eigenvalue weighted by atomic mass is 16.5. The van der Waals surface area contributed by atoms with Crippen molar-refractivity contribution in [3.05, 3.63) is 94.5 Å². The van der Waals surface area contributed by atoms with Gasteiger partial charge in [0.2, 0.25) is 11.3 Å². The molecule has 0 aliphatic carbocycles. The number of aryl methyl sites for hydroxylation is 1. The lowest BCUT2D eigenvalue weighted by molar-refractivity contribution is -0.116. The molecule has 0 aliphatic rings. The van der Waals surface area contributed by atoms with Gasteiger partial charge in [-0.2, -0.15) is 0 Å². The number of amides is 1. The lowest BCUT2D eigenvalue weighted by atomic mass is 10.2. The molecule has 0 atom stereocenters. The van der Waals surface area contributed by atoms with E-state index >= 15 is 0 Å². The van der Waals surface area contributed by atoms with Crippen LogP contribution in [0.25, 0.3) is 10.9 Å². The van der Waals surface area contributed by atoms with E-state index in [1.807, 2.05) is 60.8 Å². The van der Waals surface area contributed by atoms with Crippen LogP contribution >= 0.6 is 0 Å². The Labute approximate surface area is 167 Å². The van der Waals surface area contributed by atoms with E-state index in [-0.39, 0.29) is 23.6 Å². The van der Waals surface area contributed by atoms with Gasteiger partial charge in [-0.25, -0.2) is 0 Å². The first kappa shape index (κ1) is 18.6. The Hall–Kier alpha value is -3.80. The molecule has 1 amide bonds. The maximum absolute atomic E-state index is 12.5. The van der Waals surface area contributed by atoms with Gasteiger partial charge in [-0.1, -0.05) is 36.4 Å². The molecule has 0 fully saturated rings. The lowest BCUT2D eigenvalue weighted by Crippen LogP contribution is -2.22.